The van der Waals surface area contributed by atoms with Gasteiger partial charge in [0, 0.05) is 6.07 Å². The number of hydrogen-bond donors (Lipinski definition) is 2. The van der Waals surface area contributed by atoms with Gasteiger partial charge < -0.3 is 24.3 Å². The lowest BCUT2D eigenvalue weighted by molar-refractivity contribution is 0.303. The molecule has 0 heterocycles. The molecule has 0 saturated heterocycles. The van der Waals surface area contributed by atoms with Gasteiger partial charge >= 0.3 is 7.12 Å². The van der Waals surface area contributed by atoms with Crippen LogP contribution in [0.5, 0.6) is 17.2 Å². The van der Waals surface area contributed by atoms with Crippen LogP contribution in [0.1, 0.15) is 5.56 Å². The Bertz CT molecular complexity index is 600. The van der Waals surface area contributed by atoms with Crippen molar-refractivity contribution in [3.63, 3.8) is 0 Å². The first-order valence-corrected chi connectivity index (χ1v) is 6.44. The van der Waals surface area contributed by atoms with Crippen molar-refractivity contribution < 1.29 is 24.3 Å². The predicted octanol–water partition coefficient (Wildman–Crippen LogP) is 0.963. The van der Waals surface area contributed by atoms with Crippen molar-refractivity contribution in [2.45, 2.75) is 6.61 Å². The highest BCUT2D eigenvalue weighted by atomic mass is 16.5. The number of ether oxygens (including phenoxy) is 3. The van der Waals surface area contributed by atoms with E-state index >= 15 is 0 Å². The Hall–Kier alpha value is -2.18. The molecule has 0 bridgehead atoms. The Morgan fingerprint density at radius 1 is 0.905 bits per heavy atom. The van der Waals surface area contributed by atoms with Gasteiger partial charge in [0.2, 0.25) is 0 Å². The minimum atomic E-state index is -1.56. The summed E-state index contributed by atoms with van der Waals surface area (Å²) < 4.78 is 15.9. The van der Waals surface area contributed by atoms with E-state index in [1.165, 1.54) is 0 Å². The molecule has 0 radical (unpaired) electrons. The molecule has 2 aromatic rings. The maximum Gasteiger partial charge on any atom is 0.488 e. The van der Waals surface area contributed by atoms with Crippen LogP contribution in [0.3, 0.4) is 0 Å². The van der Waals surface area contributed by atoms with Crippen LogP contribution in [-0.4, -0.2) is 31.4 Å². The highest BCUT2D eigenvalue weighted by Crippen LogP contribution is 2.20. The predicted molar refractivity (Wildman–Crippen MR) is 80.1 cm³/mol. The summed E-state index contributed by atoms with van der Waals surface area (Å²) in [6, 6.07) is 12.2. The maximum absolute atomic E-state index is 9.39. The van der Waals surface area contributed by atoms with Crippen molar-refractivity contribution in [1.82, 2.24) is 0 Å². The minimum absolute atomic E-state index is 0.192. The molecule has 2 N–H and O–H groups in total. The molecule has 0 spiro atoms. The summed E-state index contributed by atoms with van der Waals surface area (Å²) in [5.41, 5.74) is 1.03. The van der Waals surface area contributed by atoms with Gasteiger partial charge in [-0.3, -0.25) is 0 Å². The largest absolute Gasteiger partial charge is 0.497 e. The summed E-state index contributed by atoms with van der Waals surface area (Å²) in [6.45, 7) is 0.192. The van der Waals surface area contributed by atoms with Gasteiger partial charge in [0.05, 0.1) is 14.2 Å². The fourth-order valence-corrected chi connectivity index (χ4v) is 1.94. The average Bonchev–Trinajstić information content (AvgIpc) is 2.52. The first kappa shape index (κ1) is 15.2. The van der Waals surface area contributed by atoms with Gasteiger partial charge in [0.15, 0.2) is 0 Å². The minimum Gasteiger partial charge on any atom is -0.497 e. The van der Waals surface area contributed by atoms with Crippen LogP contribution in [0.4, 0.5) is 0 Å². The molecule has 0 amide bonds. The SMILES string of the molecule is COc1cccc(OCc2cc(OC)ccc2B(O)O)c1. The van der Waals surface area contributed by atoms with Crippen LogP contribution in [0.25, 0.3) is 0 Å². The van der Waals surface area contributed by atoms with Gasteiger partial charge in [-0.15, -0.1) is 0 Å². The Morgan fingerprint density at radius 3 is 2.24 bits per heavy atom. The summed E-state index contributed by atoms with van der Waals surface area (Å²) in [6.07, 6.45) is 0. The van der Waals surface area contributed by atoms with Gasteiger partial charge in [-0.05, 0) is 35.3 Å². The molecule has 0 aliphatic carbocycles. The molecule has 0 aliphatic rings. The molecule has 0 saturated carbocycles. The van der Waals surface area contributed by atoms with Crippen molar-refractivity contribution >= 4 is 12.6 Å². The fraction of sp³-hybridized carbons (Fsp3) is 0.200. The van der Waals surface area contributed by atoms with E-state index in [4.69, 9.17) is 14.2 Å². The van der Waals surface area contributed by atoms with Crippen LogP contribution < -0.4 is 19.7 Å². The van der Waals surface area contributed by atoms with E-state index in [9.17, 15) is 10.0 Å². The van der Waals surface area contributed by atoms with Crippen molar-refractivity contribution in [3.8, 4) is 17.2 Å². The van der Waals surface area contributed by atoms with Gasteiger partial charge in [0.25, 0.3) is 0 Å². The van der Waals surface area contributed by atoms with Crippen LogP contribution in [0.2, 0.25) is 0 Å². The van der Waals surface area contributed by atoms with Gasteiger partial charge in [-0.1, -0.05) is 12.1 Å². The summed E-state index contributed by atoms with van der Waals surface area (Å²) in [5, 5.41) is 18.8. The molecule has 0 aromatic heterocycles. The summed E-state index contributed by atoms with van der Waals surface area (Å²) in [4.78, 5) is 0. The maximum atomic E-state index is 9.39. The average molecular weight is 288 g/mol. The second-order valence-electron chi connectivity index (χ2n) is 4.41. The van der Waals surface area contributed by atoms with E-state index in [0.29, 0.717) is 28.3 Å². The van der Waals surface area contributed by atoms with Crippen LogP contribution in [0, 0.1) is 0 Å². The Balaban J connectivity index is 2.17. The topological polar surface area (TPSA) is 68.2 Å². The lowest BCUT2D eigenvalue weighted by atomic mass is 9.77. The zero-order valence-electron chi connectivity index (χ0n) is 11.9. The smallest absolute Gasteiger partial charge is 0.488 e. The molecule has 2 rings (SSSR count). The molecule has 0 atom stereocenters. The Labute approximate surface area is 123 Å². The van der Waals surface area contributed by atoms with E-state index in [1.807, 2.05) is 12.1 Å². The lowest BCUT2D eigenvalue weighted by Gasteiger charge is -2.13. The molecular formula is C15H17BO5. The van der Waals surface area contributed by atoms with E-state index in [1.54, 1.807) is 44.6 Å². The van der Waals surface area contributed by atoms with Crippen molar-refractivity contribution in [2.75, 3.05) is 14.2 Å². The quantitative estimate of drug-likeness (QED) is 0.775. The van der Waals surface area contributed by atoms with Gasteiger partial charge in [-0.2, -0.15) is 0 Å². The highest BCUT2D eigenvalue weighted by Gasteiger charge is 2.17. The number of methoxy groups -OCH3 is 2. The molecule has 6 heteroatoms. The second kappa shape index (κ2) is 7.01. The van der Waals surface area contributed by atoms with E-state index < -0.39 is 7.12 Å². The number of rotatable bonds is 6. The zero-order valence-corrected chi connectivity index (χ0v) is 11.9. The molecule has 0 unspecified atom stereocenters. The van der Waals surface area contributed by atoms with Gasteiger partial charge in [0.1, 0.15) is 23.9 Å². The third-order valence-corrected chi connectivity index (χ3v) is 3.06. The van der Waals surface area contributed by atoms with Crippen LogP contribution in [0.15, 0.2) is 42.5 Å². The monoisotopic (exact) mass is 288 g/mol. The first-order chi connectivity index (χ1) is 10.1. The summed E-state index contributed by atoms with van der Waals surface area (Å²) in [7, 11) is 1.58. The van der Waals surface area contributed by atoms with Crippen molar-refractivity contribution in [3.05, 3.63) is 48.0 Å². The van der Waals surface area contributed by atoms with Crippen LogP contribution >= 0.6 is 0 Å². The normalized spacial score (nSPS) is 10.1. The first-order valence-electron chi connectivity index (χ1n) is 6.44. The van der Waals surface area contributed by atoms with Gasteiger partial charge in [-0.25, -0.2) is 0 Å². The molecule has 110 valence electrons. The molecule has 2 aromatic carbocycles. The third-order valence-electron chi connectivity index (χ3n) is 3.06. The van der Waals surface area contributed by atoms with E-state index in [2.05, 4.69) is 0 Å². The van der Waals surface area contributed by atoms with Crippen molar-refractivity contribution in [2.24, 2.45) is 0 Å². The lowest BCUT2D eigenvalue weighted by Crippen LogP contribution is -2.33. The third kappa shape index (κ3) is 3.90. The standard InChI is InChI=1S/C15H17BO5/c1-19-12-4-3-5-14(9-12)21-10-11-8-13(20-2)6-7-15(11)16(17)18/h3-9,17-18H,10H2,1-2H3. The number of benzene rings is 2. The van der Waals surface area contributed by atoms with Crippen LogP contribution in [-0.2, 0) is 6.61 Å². The summed E-state index contributed by atoms with van der Waals surface area (Å²) >= 11 is 0. The molecular weight excluding hydrogens is 271 g/mol. The highest BCUT2D eigenvalue weighted by molar-refractivity contribution is 6.59. The summed E-state index contributed by atoms with van der Waals surface area (Å²) in [5.74, 6) is 1.96. The molecule has 0 aliphatic heterocycles. The molecule has 21 heavy (non-hydrogen) atoms. The van der Waals surface area contributed by atoms with Crippen molar-refractivity contribution in [1.29, 1.82) is 0 Å². The Morgan fingerprint density at radius 2 is 1.57 bits per heavy atom. The second-order valence-corrected chi connectivity index (χ2v) is 4.41. The molecule has 0 fully saturated rings. The number of hydrogen-bond acceptors (Lipinski definition) is 5. The zero-order chi connectivity index (χ0) is 15.2. The van der Waals surface area contributed by atoms with E-state index in [-0.39, 0.29) is 6.61 Å². The van der Waals surface area contributed by atoms with E-state index in [0.717, 1.165) is 0 Å². The molecule has 5 nitrogen and oxygen atoms in total. The fourth-order valence-electron chi connectivity index (χ4n) is 1.94. The Kier molecular flexibility index (Phi) is 5.08.